The molecule has 0 spiro atoms. The molecule has 1 saturated heterocycles. The quantitative estimate of drug-likeness (QED) is 0.571. The van der Waals surface area contributed by atoms with Crippen LogP contribution in [0.2, 0.25) is 0 Å². The maximum Gasteiger partial charge on any atom is 0.227 e. The summed E-state index contributed by atoms with van der Waals surface area (Å²) >= 11 is 0. The molecule has 0 amide bonds. The highest BCUT2D eigenvalue weighted by Gasteiger charge is 2.27. The van der Waals surface area contributed by atoms with Crippen molar-refractivity contribution < 1.29 is 13.2 Å². The third kappa shape index (κ3) is 4.89. The van der Waals surface area contributed by atoms with E-state index in [0.717, 1.165) is 54.0 Å². The van der Waals surface area contributed by atoms with E-state index >= 15 is 0 Å². The molecule has 2 aliphatic heterocycles. The van der Waals surface area contributed by atoms with E-state index in [9.17, 15) is 8.42 Å². The lowest BCUT2D eigenvalue weighted by molar-refractivity contribution is 0.312. The Balaban J connectivity index is 1.35. The van der Waals surface area contributed by atoms with Gasteiger partial charge in [0.2, 0.25) is 5.95 Å². The van der Waals surface area contributed by atoms with Gasteiger partial charge in [0.05, 0.1) is 29.8 Å². The van der Waals surface area contributed by atoms with Crippen LogP contribution in [0.1, 0.15) is 17.5 Å². The lowest BCUT2D eigenvalue weighted by atomic mass is 9.99. The van der Waals surface area contributed by atoms with Gasteiger partial charge in [0, 0.05) is 36.9 Å². The number of nitrogens with zero attached hydrogens (tertiary/aromatic N) is 3. The van der Waals surface area contributed by atoms with Crippen LogP contribution >= 0.6 is 0 Å². The zero-order valence-corrected chi connectivity index (χ0v) is 19.8. The van der Waals surface area contributed by atoms with E-state index in [1.807, 2.05) is 18.2 Å². The molecule has 2 N–H and O–H groups in total. The van der Waals surface area contributed by atoms with Crippen LogP contribution in [0.3, 0.4) is 0 Å². The molecule has 1 aromatic heterocycles. The fourth-order valence-electron chi connectivity index (χ4n) is 4.60. The Hall–Kier alpha value is -2.91. The van der Waals surface area contributed by atoms with Gasteiger partial charge in [0.1, 0.15) is 5.75 Å². The van der Waals surface area contributed by atoms with Gasteiger partial charge in [-0.1, -0.05) is 0 Å². The average Bonchev–Trinajstić information content (AvgIpc) is 3.15. The number of hydrogen-bond donors (Lipinski definition) is 2. The van der Waals surface area contributed by atoms with Crippen molar-refractivity contribution in [2.75, 3.05) is 49.4 Å². The Kier molecular flexibility index (Phi) is 5.84. The van der Waals surface area contributed by atoms with Crippen molar-refractivity contribution in [2.24, 2.45) is 5.92 Å². The van der Waals surface area contributed by atoms with Crippen molar-refractivity contribution in [1.29, 1.82) is 0 Å². The van der Waals surface area contributed by atoms with Crippen molar-refractivity contribution in [3.63, 3.8) is 0 Å². The van der Waals surface area contributed by atoms with Gasteiger partial charge in [-0.3, -0.25) is 0 Å². The number of likely N-dealkylation sites (N-methyl/N-ethyl adjacent to an activating group) is 1. The Morgan fingerprint density at radius 3 is 2.88 bits per heavy atom. The molecule has 5 rings (SSSR count). The molecule has 0 radical (unpaired) electrons. The predicted octanol–water partition coefficient (Wildman–Crippen LogP) is 3.22. The summed E-state index contributed by atoms with van der Waals surface area (Å²) in [4.78, 5) is 11.5. The van der Waals surface area contributed by atoms with Crippen LogP contribution in [-0.4, -0.2) is 62.0 Å². The number of sulfone groups is 1. The molecule has 2 aliphatic rings. The first-order chi connectivity index (χ1) is 15.9. The van der Waals surface area contributed by atoms with Crippen LogP contribution in [0.5, 0.6) is 5.75 Å². The second kappa shape index (κ2) is 8.79. The minimum absolute atomic E-state index is 0.156. The number of rotatable bonds is 6. The molecule has 9 heteroatoms. The molecular formula is C24H29N5O3S. The zero-order valence-electron chi connectivity index (χ0n) is 19.0. The molecule has 0 bridgehead atoms. The number of ether oxygens (including phenoxy) is 1. The van der Waals surface area contributed by atoms with Crippen molar-refractivity contribution >= 4 is 38.1 Å². The summed E-state index contributed by atoms with van der Waals surface area (Å²) in [6.45, 7) is 2.59. The van der Waals surface area contributed by atoms with Crippen LogP contribution < -0.4 is 15.4 Å². The second-order valence-electron chi connectivity index (χ2n) is 9.05. The number of fused-ring (bicyclic) bond motifs is 2. The van der Waals surface area contributed by atoms with E-state index in [1.165, 1.54) is 11.1 Å². The van der Waals surface area contributed by atoms with Crippen LogP contribution in [0.25, 0.3) is 10.9 Å². The molecule has 8 nitrogen and oxygen atoms in total. The molecule has 1 atom stereocenters. The normalized spacial score (nSPS) is 19.9. The van der Waals surface area contributed by atoms with Crippen molar-refractivity contribution in [1.82, 2.24) is 14.9 Å². The number of methoxy groups -OCH3 is 1. The molecule has 2 aromatic carbocycles. The van der Waals surface area contributed by atoms with Gasteiger partial charge in [0.25, 0.3) is 0 Å². The third-order valence-corrected chi connectivity index (χ3v) is 8.31. The topological polar surface area (TPSA) is 96.4 Å². The minimum atomic E-state index is -2.87. The first-order valence-corrected chi connectivity index (χ1v) is 13.1. The van der Waals surface area contributed by atoms with Crippen molar-refractivity contribution in [3.8, 4) is 5.75 Å². The summed E-state index contributed by atoms with van der Waals surface area (Å²) in [5.41, 5.74) is 5.19. The Morgan fingerprint density at radius 2 is 2.09 bits per heavy atom. The van der Waals surface area contributed by atoms with E-state index in [0.29, 0.717) is 18.2 Å². The molecule has 1 fully saturated rings. The summed E-state index contributed by atoms with van der Waals surface area (Å²) < 4.78 is 29.0. The highest BCUT2D eigenvalue weighted by atomic mass is 32.2. The van der Waals surface area contributed by atoms with Crippen molar-refractivity contribution in [2.45, 2.75) is 19.4 Å². The van der Waals surface area contributed by atoms with Crippen LogP contribution in [0.15, 0.2) is 36.5 Å². The molecule has 174 valence electrons. The van der Waals surface area contributed by atoms with E-state index in [-0.39, 0.29) is 11.7 Å². The minimum Gasteiger partial charge on any atom is -0.495 e. The standard InChI is InChI=1S/C24H29N5O3S/c1-29-7-5-17-10-23(32-2)22(9-19(17)14-29)28-24-26-13-18-3-4-20(11-21(18)27-24)25-12-16-6-8-33(30,31)15-16/h3-4,9-11,13,16,25H,5-8,12,14-15H2,1-2H3,(H,26,27,28). The van der Waals surface area contributed by atoms with E-state index in [4.69, 9.17) is 9.72 Å². The Bertz CT molecular complexity index is 1290. The second-order valence-corrected chi connectivity index (χ2v) is 11.3. The van der Waals surface area contributed by atoms with E-state index in [2.05, 4.69) is 39.7 Å². The number of nitrogens with one attached hydrogen (secondary N) is 2. The fourth-order valence-corrected chi connectivity index (χ4v) is 6.47. The summed E-state index contributed by atoms with van der Waals surface area (Å²) in [5.74, 6) is 2.00. The zero-order chi connectivity index (χ0) is 23.0. The maximum absolute atomic E-state index is 11.7. The Morgan fingerprint density at radius 1 is 1.21 bits per heavy atom. The van der Waals surface area contributed by atoms with Crippen molar-refractivity contribution in [3.05, 3.63) is 47.7 Å². The van der Waals surface area contributed by atoms with Gasteiger partial charge < -0.3 is 20.3 Å². The molecule has 33 heavy (non-hydrogen) atoms. The van der Waals surface area contributed by atoms with Gasteiger partial charge in [-0.05, 0) is 67.3 Å². The maximum atomic E-state index is 11.7. The number of aromatic nitrogens is 2. The van der Waals surface area contributed by atoms with Gasteiger partial charge >= 0.3 is 0 Å². The summed E-state index contributed by atoms with van der Waals surface area (Å²) in [5, 5.41) is 7.64. The largest absolute Gasteiger partial charge is 0.495 e. The number of anilines is 3. The summed E-state index contributed by atoms with van der Waals surface area (Å²) in [6, 6.07) is 10.2. The lowest BCUT2D eigenvalue weighted by Crippen LogP contribution is -2.26. The van der Waals surface area contributed by atoms with Crippen LogP contribution in [0.4, 0.5) is 17.3 Å². The number of benzene rings is 2. The first kappa shape index (κ1) is 21.9. The van der Waals surface area contributed by atoms with Gasteiger partial charge in [-0.15, -0.1) is 0 Å². The molecule has 3 aromatic rings. The molecule has 0 saturated carbocycles. The van der Waals surface area contributed by atoms with Crippen LogP contribution in [-0.2, 0) is 22.8 Å². The molecular weight excluding hydrogens is 438 g/mol. The lowest BCUT2D eigenvalue weighted by Gasteiger charge is -2.26. The monoisotopic (exact) mass is 467 g/mol. The predicted molar refractivity (Wildman–Crippen MR) is 131 cm³/mol. The average molecular weight is 468 g/mol. The number of hydrogen-bond acceptors (Lipinski definition) is 8. The molecule has 1 unspecified atom stereocenters. The smallest absolute Gasteiger partial charge is 0.227 e. The highest BCUT2D eigenvalue weighted by molar-refractivity contribution is 7.91. The van der Waals surface area contributed by atoms with Gasteiger partial charge in [-0.2, -0.15) is 0 Å². The fraction of sp³-hybridized carbons (Fsp3) is 0.417. The highest BCUT2D eigenvalue weighted by Crippen LogP contribution is 2.33. The summed E-state index contributed by atoms with van der Waals surface area (Å²) in [6.07, 6.45) is 3.53. The third-order valence-electron chi connectivity index (χ3n) is 6.48. The summed E-state index contributed by atoms with van der Waals surface area (Å²) in [7, 11) is 0.940. The van der Waals surface area contributed by atoms with Crippen LogP contribution in [0, 0.1) is 5.92 Å². The molecule has 0 aliphatic carbocycles. The SMILES string of the molecule is COc1cc2c(cc1Nc1ncc3ccc(NCC4CCS(=O)(=O)C4)cc3n1)CN(C)CC2. The first-order valence-electron chi connectivity index (χ1n) is 11.2. The van der Waals surface area contributed by atoms with E-state index in [1.54, 1.807) is 13.3 Å². The van der Waals surface area contributed by atoms with Gasteiger partial charge in [-0.25, -0.2) is 18.4 Å². The Labute approximate surface area is 194 Å². The van der Waals surface area contributed by atoms with E-state index < -0.39 is 9.84 Å². The van der Waals surface area contributed by atoms with Gasteiger partial charge in [0.15, 0.2) is 9.84 Å². The molecule has 3 heterocycles.